The van der Waals surface area contributed by atoms with Crippen LogP contribution in [0, 0.1) is 13.8 Å². The molecule has 0 aromatic heterocycles. The number of unbranched alkanes of at least 4 members (excludes halogenated alkanes) is 1. The first-order valence-corrected chi connectivity index (χ1v) is 8.63. The Labute approximate surface area is 139 Å². The zero-order valence-electron chi connectivity index (χ0n) is 14.6. The molecule has 4 nitrogen and oxygen atoms in total. The predicted molar refractivity (Wildman–Crippen MR) is 93.9 cm³/mol. The van der Waals surface area contributed by atoms with Gasteiger partial charge in [0.05, 0.1) is 6.54 Å². The summed E-state index contributed by atoms with van der Waals surface area (Å²) in [5.41, 5.74) is 3.34. The van der Waals surface area contributed by atoms with Gasteiger partial charge in [0.1, 0.15) is 5.78 Å². The first-order valence-electron chi connectivity index (χ1n) is 8.63. The lowest BCUT2D eigenvalue weighted by atomic mass is 10.1. The molecule has 126 valence electrons. The van der Waals surface area contributed by atoms with Crippen molar-refractivity contribution in [3.63, 3.8) is 0 Å². The molecule has 0 saturated carbocycles. The van der Waals surface area contributed by atoms with Crippen LogP contribution < -0.4 is 4.90 Å². The molecular formula is C19H28N2O2. The average molecular weight is 316 g/mol. The highest BCUT2D eigenvalue weighted by Crippen LogP contribution is 2.25. The number of rotatable bonds is 6. The normalized spacial score (nSPS) is 15.7. The van der Waals surface area contributed by atoms with Crippen molar-refractivity contribution in [1.29, 1.82) is 0 Å². The summed E-state index contributed by atoms with van der Waals surface area (Å²) >= 11 is 0. The van der Waals surface area contributed by atoms with E-state index in [4.69, 9.17) is 0 Å². The Morgan fingerprint density at radius 1 is 1.17 bits per heavy atom. The molecule has 0 atom stereocenters. The van der Waals surface area contributed by atoms with Crippen LogP contribution in [0.15, 0.2) is 18.2 Å². The van der Waals surface area contributed by atoms with Gasteiger partial charge < -0.3 is 4.90 Å². The molecular weight excluding hydrogens is 288 g/mol. The maximum absolute atomic E-state index is 12.9. The molecule has 1 heterocycles. The summed E-state index contributed by atoms with van der Waals surface area (Å²) in [6, 6.07) is 6.16. The van der Waals surface area contributed by atoms with Crippen LogP contribution >= 0.6 is 0 Å². The summed E-state index contributed by atoms with van der Waals surface area (Å²) in [4.78, 5) is 28.3. The molecule has 0 unspecified atom stereocenters. The first-order chi connectivity index (χ1) is 11.0. The smallest absolute Gasteiger partial charge is 0.241 e. The van der Waals surface area contributed by atoms with Crippen LogP contribution in [-0.2, 0) is 9.59 Å². The number of nitrogens with zero attached hydrogens (tertiary/aromatic N) is 2. The third kappa shape index (κ3) is 4.64. The van der Waals surface area contributed by atoms with E-state index in [1.54, 1.807) is 0 Å². The third-order valence-electron chi connectivity index (χ3n) is 4.52. The van der Waals surface area contributed by atoms with Gasteiger partial charge in [0, 0.05) is 38.2 Å². The maximum Gasteiger partial charge on any atom is 0.241 e. The third-order valence-corrected chi connectivity index (χ3v) is 4.52. The molecule has 1 aromatic rings. The number of ketones is 1. The monoisotopic (exact) mass is 316 g/mol. The number of hydrogen-bond donors (Lipinski definition) is 0. The molecule has 4 heteroatoms. The molecule has 1 fully saturated rings. The second-order valence-electron chi connectivity index (χ2n) is 6.45. The fourth-order valence-corrected chi connectivity index (χ4v) is 3.15. The Morgan fingerprint density at radius 3 is 2.35 bits per heavy atom. The van der Waals surface area contributed by atoms with Crippen LogP contribution in [0.3, 0.4) is 0 Å². The number of anilines is 1. The lowest BCUT2D eigenvalue weighted by molar-refractivity contribution is -0.125. The van der Waals surface area contributed by atoms with Crippen molar-refractivity contribution < 1.29 is 9.59 Å². The second kappa shape index (κ2) is 8.25. The van der Waals surface area contributed by atoms with Gasteiger partial charge in [-0.2, -0.15) is 0 Å². The van der Waals surface area contributed by atoms with Crippen molar-refractivity contribution in [2.24, 2.45) is 0 Å². The van der Waals surface area contributed by atoms with Gasteiger partial charge in [-0.05, 0) is 31.4 Å². The molecule has 23 heavy (non-hydrogen) atoms. The van der Waals surface area contributed by atoms with E-state index in [2.05, 4.69) is 37.8 Å². The molecule has 1 amide bonds. The van der Waals surface area contributed by atoms with E-state index >= 15 is 0 Å². The predicted octanol–water partition coefficient (Wildman–Crippen LogP) is 3.10. The molecule has 0 radical (unpaired) electrons. The Balaban J connectivity index is 2.14. The number of hydrogen-bond acceptors (Lipinski definition) is 3. The SMILES string of the molecule is CCCCN(C(=O)CN1CCC(=O)CC1)c1c(C)cccc1C. The number of carbonyl (C=O) groups excluding carboxylic acids is 2. The van der Waals surface area contributed by atoms with Gasteiger partial charge in [0.15, 0.2) is 0 Å². The van der Waals surface area contributed by atoms with E-state index in [0.29, 0.717) is 38.3 Å². The highest BCUT2D eigenvalue weighted by Gasteiger charge is 2.23. The van der Waals surface area contributed by atoms with Crippen molar-refractivity contribution in [1.82, 2.24) is 4.90 Å². The van der Waals surface area contributed by atoms with Crippen LogP contribution in [0.4, 0.5) is 5.69 Å². The van der Waals surface area contributed by atoms with Crippen LogP contribution in [-0.4, -0.2) is 42.8 Å². The minimum Gasteiger partial charge on any atom is -0.311 e. The minimum atomic E-state index is 0.144. The number of likely N-dealkylation sites (tertiary alicyclic amines) is 1. The maximum atomic E-state index is 12.9. The molecule has 0 N–H and O–H groups in total. The topological polar surface area (TPSA) is 40.6 Å². The quantitative estimate of drug-likeness (QED) is 0.810. The molecule has 0 aliphatic carbocycles. The lowest BCUT2D eigenvalue weighted by Gasteiger charge is -2.31. The van der Waals surface area contributed by atoms with E-state index < -0.39 is 0 Å². The van der Waals surface area contributed by atoms with Crippen molar-refractivity contribution in [3.05, 3.63) is 29.3 Å². The summed E-state index contributed by atoms with van der Waals surface area (Å²) in [6.07, 6.45) is 3.21. The first kappa shape index (κ1) is 17.7. The van der Waals surface area contributed by atoms with Gasteiger partial charge in [-0.25, -0.2) is 0 Å². The number of piperidine rings is 1. The van der Waals surface area contributed by atoms with Gasteiger partial charge >= 0.3 is 0 Å². The highest BCUT2D eigenvalue weighted by molar-refractivity contribution is 5.96. The minimum absolute atomic E-state index is 0.144. The highest BCUT2D eigenvalue weighted by atomic mass is 16.2. The lowest BCUT2D eigenvalue weighted by Crippen LogP contribution is -2.44. The van der Waals surface area contributed by atoms with Gasteiger partial charge in [-0.1, -0.05) is 31.5 Å². The molecule has 1 aliphatic rings. The van der Waals surface area contributed by atoms with E-state index in [9.17, 15) is 9.59 Å². The molecule has 0 bridgehead atoms. The fourth-order valence-electron chi connectivity index (χ4n) is 3.15. The van der Waals surface area contributed by atoms with Crippen molar-refractivity contribution >= 4 is 17.4 Å². The fraction of sp³-hybridized carbons (Fsp3) is 0.579. The summed E-state index contributed by atoms with van der Waals surface area (Å²) in [6.45, 7) is 8.85. The van der Waals surface area contributed by atoms with Crippen molar-refractivity contribution in [3.8, 4) is 0 Å². The molecule has 1 saturated heterocycles. The number of Topliss-reactive ketones (excluding diaryl/α,β-unsaturated/α-hetero) is 1. The van der Waals surface area contributed by atoms with Crippen molar-refractivity contribution in [2.45, 2.75) is 46.5 Å². The Bertz CT molecular complexity index is 538. The number of amides is 1. The number of benzene rings is 1. The summed E-state index contributed by atoms with van der Waals surface area (Å²) in [5, 5.41) is 0. The van der Waals surface area contributed by atoms with Crippen molar-refractivity contribution in [2.75, 3.05) is 31.1 Å². The van der Waals surface area contributed by atoms with Gasteiger partial charge in [-0.3, -0.25) is 14.5 Å². The van der Waals surface area contributed by atoms with Crippen LogP contribution in [0.1, 0.15) is 43.7 Å². The molecule has 1 aliphatic heterocycles. The standard InChI is InChI=1S/C19H28N2O2/c1-4-5-11-21(19-15(2)7-6-8-16(19)3)18(23)14-20-12-9-17(22)10-13-20/h6-8H,4-5,9-14H2,1-3H3. The molecule has 0 spiro atoms. The zero-order chi connectivity index (χ0) is 16.8. The van der Waals surface area contributed by atoms with Crippen LogP contribution in [0.2, 0.25) is 0 Å². The van der Waals surface area contributed by atoms with Gasteiger partial charge in [0.2, 0.25) is 5.91 Å². The summed E-state index contributed by atoms with van der Waals surface area (Å²) < 4.78 is 0. The van der Waals surface area contributed by atoms with E-state index in [1.807, 2.05) is 11.0 Å². The van der Waals surface area contributed by atoms with Crippen LogP contribution in [0.5, 0.6) is 0 Å². The van der Waals surface area contributed by atoms with E-state index in [1.165, 1.54) is 0 Å². The van der Waals surface area contributed by atoms with Gasteiger partial charge in [0.25, 0.3) is 0 Å². The Hall–Kier alpha value is -1.68. The molecule has 2 rings (SSSR count). The number of aryl methyl sites for hydroxylation is 2. The average Bonchev–Trinajstić information content (AvgIpc) is 2.52. The van der Waals surface area contributed by atoms with Gasteiger partial charge in [-0.15, -0.1) is 0 Å². The summed E-state index contributed by atoms with van der Waals surface area (Å²) in [5.74, 6) is 0.455. The Morgan fingerprint density at radius 2 is 1.78 bits per heavy atom. The number of carbonyl (C=O) groups is 2. The van der Waals surface area contributed by atoms with E-state index in [0.717, 1.165) is 36.2 Å². The largest absolute Gasteiger partial charge is 0.311 e. The van der Waals surface area contributed by atoms with E-state index in [-0.39, 0.29) is 5.91 Å². The Kier molecular flexibility index (Phi) is 6.34. The summed E-state index contributed by atoms with van der Waals surface area (Å²) in [7, 11) is 0. The second-order valence-corrected chi connectivity index (χ2v) is 6.45. The van der Waals surface area contributed by atoms with Crippen LogP contribution in [0.25, 0.3) is 0 Å². The zero-order valence-corrected chi connectivity index (χ0v) is 14.6. The number of para-hydroxylation sites is 1. The molecule has 1 aromatic carbocycles.